The fraction of sp³-hybridized carbons (Fsp3) is 0.902. The maximum atomic E-state index is 12.5. The monoisotopic (exact) mass is 944 g/mol. The third-order valence-corrected chi connectivity index (χ3v) is 14.0. The summed E-state index contributed by atoms with van der Waals surface area (Å²) in [6, 6.07) is -0.554. The molecule has 67 heavy (non-hydrogen) atoms. The predicted molar refractivity (Wildman–Crippen MR) is 292 cm³/mol. The number of ether oxygens (including phenoxy) is 1. The first-order valence-electron chi connectivity index (χ1n) is 30.1. The standard InChI is InChI=1S/C61H117NO5/c1-3-5-7-9-11-13-15-17-19-20-22-26-29-33-37-41-45-49-53-59(64)58(57-63)62-60(65)54-50-46-42-38-34-30-27-23-21-24-28-32-36-40-44-48-52-56-67-61(66)55-51-47-43-39-35-31-25-18-16-14-12-10-8-6-4-2/h21,24,32,36,58-59,63-64H,3-20,22-23,25-31,33-35,37-57H2,1-2H3,(H,62,65)/b24-21-,36-32-. The van der Waals surface area contributed by atoms with Crippen LogP contribution in [0.5, 0.6) is 0 Å². The van der Waals surface area contributed by atoms with Crippen molar-refractivity contribution in [3.8, 4) is 0 Å². The lowest BCUT2D eigenvalue weighted by Crippen LogP contribution is -2.45. The minimum absolute atomic E-state index is 0.0121. The third kappa shape index (κ3) is 53.5. The third-order valence-electron chi connectivity index (χ3n) is 14.0. The van der Waals surface area contributed by atoms with Crippen molar-refractivity contribution in [1.82, 2.24) is 5.32 Å². The van der Waals surface area contributed by atoms with E-state index >= 15 is 0 Å². The number of hydrogen-bond acceptors (Lipinski definition) is 5. The maximum absolute atomic E-state index is 12.5. The Labute approximate surface area is 418 Å². The minimum Gasteiger partial charge on any atom is -0.466 e. The molecule has 0 radical (unpaired) electrons. The van der Waals surface area contributed by atoms with E-state index in [0.29, 0.717) is 25.9 Å². The quantitative estimate of drug-likeness (QED) is 0.0321. The van der Waals surface area contributed by atoms with Crippen LogP contribution in [0, 0.1) is 0 Å². The molecule has 0 aliphatic heterocycles. The van der Waals surface area contributed by atoms with Gasteiger partial charge in [-0.1, -0.05) is 276 Å². The summed E-state index contributed by atoms with van der Waals surface area (Å²) in [4.78, 5) is 24.5. The Morgan fingerprint density at radius 1 is 0.418 bits per heavy atom. The fourth-order valence-electron chi connectivity index (χ4n) is 9.38. The Bertz CT molecular complexity index is 1040. The van der Waals surface area contributed by atoms with Crippen LogP contribution in [-0.4, -0.2) is 47.4 Å². The van der Waals surface area contributed by atoms with Crippen LogP contribution in [0.2, 0.25) is 0 Å². The highest BCUT2D eigenvalue weighted by Gasteiger charge is 2.20. The number of carbonyl (C=O) groups excluding carboxylic acids is 2. The Morgan fingerprint density at radius 3 is 1.13 bits per heavy atom. The summed E-state index contributed by atoms with van der Waals surface area (Å²) in [7, 11) is 0. The molecule has 6 nitrogen and oxygen atoms in total. The van der Waals surface area contributed by atoms with Gasteiger partial charge < -0.3 is 20.3 Å². The van der Waals surface area contributed by atoms with E-state index in [2.05, 4.69) is 43.5 Å². The first kappa shape index (κ1) is 65.3. The summed E-state index contributed by atoms with van der Waals surface area (Å²) in [6.45, 7) is 4.93. The van der Waals surface area contributed by atoms with Gasteiger partial charge in [0.25, 0.3) is 0 Å². The number of aliphatic hydroxyl groups is 2. The lowest BCUT2D eigenvalue weighted by Gasteiger charge is -2.22. The highest BCUT2D eigenvalue weighted by atomic mass is 16.5. The number of nitrogens with one attached hydrogen (secondary N) is 1. The Kier molecular flexibility index (Phi) is 55.5. The number of carbonyl (C=O) groups is 2. The fourth-order valence-corrected chi connectivity index (χ4v) is 9.38. The van der Waals surface area contributed by atoms with Crippen LogP contribution in [0.25, 0.3) is 0 Å². The van der Waals surface area contributed by atoms with Gasteiger partial charge >= 0.3 is 5.97 Å². The Morgan fingerprint density at radius 2 is 0.746 bits per heavy atom. The molecule has 2 atom stereocenters. The summed E-state index contributed by atoms with van der Waals surface area (Å²) in [6.07, 6.45) is 68.9. The molecule has 0 fully saturated rings. The molecule has 1 amide bonds. The molecule has 0 aliphatic carbocycles. The summed E-state index contributed by atoms with van der Waals surface area (Å²) in [5.41, 5.74) is 0. The second-order valence-corrected chi connectivity index (χ2v) is 20.7. The summed E-state index contributed by atoms with van der Waals surface area (Å²) in [5, 5.41) is 23.3. The summed E-state index contributed by atoms with van der Waals surface area (Å²) < 4.78 is 5.46. The Hall–Kier alpha value is -1.66. The summed E-state index contributed by atoms with van der Waals surface area (Å²) >= 11 is 0. The second kappa shape index (κ2) is 56.9. The molecule has 2 unspecified atom stereocenters. The van der Waals surface area contributed by atoms with Crippen LogP contribution in [-0.2, 0) is 14.3 Å². The molecule has 0 saturated heterocycles. The van der Waals surface area contributed by atoms with E-state index in [1.807, 2.05) is 0 Å². The van der Waals surface area contributed by atoms with Gasteiger partial charge in [-0.05, 0) is 64.2 Å². The molecule has 0 heterocycles. The van der Waals surface area contributed by atoms with Gasteiger partial charge in [0.1, 0.15) is 0 Å². The molecule has 0 aromatic heterocycles. The van der Waals surface area contributed by atoms with Crippen LogP contribution in [0.15, 0.2) is 24.3 Å². The van der Waals surface area contributed by atoms with Crippen LogP contribution in [0.3, 0.4) is 0 Å². The molecule has 0 bridgehead atoms. The normalized spacial score (nSPS) is 12.7. The van der Waals surface area contributed by atoms with Crippen molar-refractivity contribution in [2.45, 2.75) is 341 Å². The molecule has 396 valence electrons. The number of amides is 1. The van der Waals surface area contributed by atoms with Crippen molar-refractivity contribution >= 4 is 11.9 Å². The van der Waals surface area contributed by atoms with Crippen LogP contribution in [0.4, 0.5) is 0 Å². The zero-order valence-electron chi connectivity index (χ0n) is 45.1. The average Bonchev–Trinajstić information content (AvgIpc) is 3.33. The molecule has 6 heteroatoms. The van der Waals surface area contributed by atoms with E-state index in [0.717, 1.165) is 83.5 Å². The Balaban J connectivity index is 3.48. The van der Waals surface area contributed by atoms with Gasteiger partial charge in [0.05, 0.1) is 25.4 Å². The number of aliphatic hydroxyl groups excluding tert-OH is 2. The van der Waals surface area contributed by atoms with E-state index in [-0.39, 0.29) is 18.5 Å². The van der Waals surface area contributed by atoms with Gasteiger partial charge in [0, 0.05) is 12.8 Å². The highest BCUT2D eigenvalue weighted by molar-refractivity contribution is 5.76. The van der Waals surface area contributed by atoms with Crippen LogP contribution < -0.4 is 5.32 Å². The number of unbranched alkanes of at least 4 members (excludes halogenated alkanes) is 41. The zero-order valence-corrected chi connectivity index (χ0v) is 45.1. The zero-order chi connectivity index (χ0) is 48.6. The van der Waals surface area contributed by atoms with Crippen molar-refractivity contribution in [1.29, 1.82) is 0 Å². The smallest absolute Gasteiger partial charge is 0.305 e. The average molecular weight is 945 g/mol. The maximum Gasteiger partial charge on any atom is 0.305 e. The van der Waals surface area contributed by atoms with E-state index in [4.69, 9.17) is 4.74 Å². The lowest BCUT2D eigenvalue weighted by molar-refractivity contribution is -0.143. The molecule has 0 spiro atoms. The van der Waals surface area contributed by atoms with E-state index in [1.165, 1.54) is 212 Å². The van der Waals surface area contributed by atoms with E-state index in [9.17, 15) is 19.8 Å². The first-order valence-corrected chi connectivity index (χ1v) is 30.1. The first-order chi connectivity index (χ1) is 33.0. The van der Waals surface area contributed by atoms with Gasteiger partial charge in [-0.25, -0.2) is 0 Å². The number of allylic oxidation sites excluding steroid dienone is 4. The van der Waals surface area contributed by atoms with Gasteiger partial charge in [0.2, 0.25) is 5.91 Å². The summed E-state index contributed by atoms with van der Waals surface area (Å²) in [5.74, 6) is -0.0606. The lowest BCUT2D eigenvalue weighted by atomic mass is 10.0. The molecule has 0 aliphatic rings. The molecule has 3 N–H and O–H groups in total. The molecule has 0 aromatic rings. The van der Waals surface area contributed by atoms with Crippen LogP contribution >= 0.6 is 0 Å². The minimum atomic E-state index is -0.675. The molecule has 0 rings (SSSR count). The SMILES string of the molecule is CCCCCCCCCCCCCCCCCCCCC(O)C(CO)NC(=O)CCCCCCCCC/C=C\C/C=C\CCCCCOC(=O)CCCCCCCCCCCCCCCCC. The number of hydrogen-bond donors (Lipinski definition) is 3. The highest BCUT2D eigenvalue weighted by Crippen LogP contribution is 2.17. The topological polar surface area (TPSA) is 95.9 Å². The van der Waals surface area contributed by atoms with Crippen molar-refractivity contribution in [3.05, 3.63) is 24.3 Å². The number of rotatable bonds is 56. The van der Waals surface area contributed by atoms with Crippen molar-refractivity contribution in [2.75, 3.05) is 13.2 Å². The number of esters is 1. The van der Waals surface area contributed by atoms with Crippen molar-refractivity contribution in [3.63, 3.8) is 0 Å². The molecule has 0 saturated carbocycles. The van der Waals surface area contributed by atoms with Crippen molar-refractivity contribution in [2.24, 2.45) is 0 Å². The molecular formula is C61H117NO5. The van der Waals surface area contributed by atoms with Gasteiger partial charge in [-0.3, -0.25) is 9.59 Å². The largest absolute Gasteiger partial charge is 0.466 e. The van der Waals surface area contributed by atoms with Crippen molar-refractivity contribution < 1.29 is 24.5 Å². The van der Waals surface area contributed by atoms with Gasteiger partial charge in [-0.15, -0.1) is 0 Å². The van der Waals surface area contributed by atoms with Gasteiger partial charge in [0.15, 0.2) is 0 Å². The van der Waals surface area contributed by atoms with Crippen LogP contribution in [0.1, 0.15) is 328 Å². The molecule has 0 aromatic carbocycles. The van der Waals surface area contributed by atoms with Gasteiger partial charge in [-0.2, -0.15) is 0 Å². The second-order valence-electron chi connectivity index (χ2n) is 20.7. The predicted octanol–water partition coefficient (Wildman–Crippen LogP) is 18.6. The van der Waals surface area contributed by atoms with E-state index in [1.54, 1.807) is 0 Å². The van der Waals surface area contributed by atoms with E-state index < -0.39 is 12.1 Å². The molecular weight excluding hydrogens is 827 g/mol.